The Balaban J connectivity index is 3.57. The Morgan fingerprint density at radius 3 is 1.11 bits per heavy atom. The van der Waals surface area contributed by atoms with Crippen molar-refractivity contribution in [3.05, 3.63) is 12.2 Å². The maximum absolute atomic E-state index is 12.5. The number of amides is 1. The zero-order chi connectivity index (χ0) is 38.7. The lowest BCUT2D eigenvalue weighted by molar-refractivity contribution is -0.125. The second kappa shape index (κ2) is 43.8. The van der Waals surface area contributed by atoms with Gasteiger partial charge in [0.2, 0.25) is 5.91 Å². The number of unbranched alkanes of at least 4 members (excludes halogenated alkanes) is 33. The lowest BCUT2D eigenvalue weighted by atomic mass is 10.0. The van der Waals surface area contributed by atoms with Gasteiger partial charge in [-0.1, -0.05) is 231 Å². The van der Waals surface area contributed by atoms with E-state index in [1.807, 2.05) is 0 Å². The zero-order valence-corrected chi connectivity index (χ0v) is 35.9. The van der Waals surface area contributed by atoms with Crippen molar-refractivity contribution >= 4 is 5.91 Å². The molecule has 0 heterocycles. The molecule has 3 unspecified atom stereocenters. The molecule has 0 aromatic rings. The minimum absolute atomic E-state index is 0.0290. The molecule has 0 fully saturated rings. The van der Waals surface area contributed by atoms with Crippen LogP contribution in [0.1, 0.15) is 264 Å². The molecule has 5 heteroatoms. The second-order valence-corrected chi connectivity index (χ2v) is 16.7. The molecule has 316 valence electrons. The molecule has 0 saturated carbocycles. The molecule has 0 spiro atoms. The lowest BCUT2D eigenvalue weighted by Gasteiger charge is -2.23. The molecule has 0 aliphatic rings. The molecule has 0 aliphatic heterocycles. The van der Waals surface area contributed by atoms with Crippen molar-refractivity contribution in [1.29, 1.82) is 0 Å². The number of carbonyl (C=O) groups excluding carboxylic acids is 1. The first-order chi connectivity index (χ1) is 26.0. The van der Waals surface area contributed by atoms with Crippen molar-refractivity contribution in [3.63, 3.8) is 0 Å². The first-order valence-corrected chi connectivity index (χ1v) is 24.0. The third kappa shape index (κ3) is 40.6. The Bertz CT molecular complexity index is 743. The van der Waals surface area contributed by atoms with Gasteiger partial charge in [0.1, 0.15) is 0 Å². The van der Waals surface area contributed by atoms with Crippen LogP contribution in [-0.2, 0) is 4.79 Å². The zero-order valence-electron chi connectivity index (χ0n) is 35.9. The molecule has 0 aliphatic carbocycles. The number of hydrogen-bond donors (Lipinski definition) is 4. The second-order valence-electron chi connectivity index (χ2n) is 16.7. The Kier molecular flexibility index (Phi) is 43.1. The summed E-state index contributed by atoms with van der Waals surface area (Å²) in [5, 5.41) is 33.5. The SMILES string of the molecule is CCCCCCCCCCC/C=C\CCCCCC(O)CC(=O)NC(CO)C(O)CCCCCCCCCCCCCCCCCCCCCCCC. The molecule has 4 N–H and O–H groups in total. The van der Waals surface area contributed by atoms with E-state index in [2.05, 4.69) is 31.3 Å². The summed E-state index contributed by atoms with van der Waals surface area (Å²) < 4.78 is 0. The quantitative estimate of drug-likeness (QED) is 0.0369. The molecule has 1 amide bonds. The van der Waals surface area contributed by atoms with Crippen LogP contribution in [0.5, 0.6) is 0 Å². The van der Waals surface area contributed by atoms with Gasteiger partial charge in [-0.05, 0) is 38.5 Å². The molecule has 0 aromatic heterocycles. The normalized spacial score (nSPS) is 13.5. The smallest absolute Gasteiger partial charge is 0.222 e. The van der Waals surface area contributed by atoms with E-state index < -0.39 is 18.2 Å². The number of rotatable bonds is 44. The third-order valence-electron chi connectivity index (χ3n) is 11.3. The summed E-state index contributed by atoms with van der Waals surface area (Å²) >= 11 is 0. The van der Waals surface area contributed by atoms with Crippen molar-refractivity contribution in [3.8, 4) is 0 Å². The van der Waals surface area contributed by atoms with Crippen molar-refractivity contribution in [1.82, 2.24) is 5.32 Å². The Morgan fingerprint density at radius 1 is 0.453 bits per heavy atom. The van der Waals surface area contributed by atoms with Crippen LogP contribution in [0.3, 0.4) is 0 Å². The average molecular weight is 750 g/mol. The monoisotopic (exact) mass is 750 g/mol. The molecular weight excluding hydrogens is 655 g/mol. The first-order valence-electron chi connectivity index (χ1n) is 24.0. The summed E-state index contributed by atoms with van der Waals surface area (Å²) in [7, 11) is 0. The van der Waals surface area contributed by atoms with Crippen LogP contribution in [0.25, 0.3) is 0 Å². The van der Waals surface area contributed by atoms with Crippen molar-refractivity contribution < 1.29 is 20.1 Å². The van der Waals surface area contributed by atoms with E-state index in [0.29, 0.717) is 12.8 Å². The molecule has 53 heavy (non-hydrogen) atoms. The molecule has 5 nitrogen and oxygen atoms in total. The predicted molar refractivity (Wildman–Crippen MR) is 232 cm³/mol. The highest BCUT2D eigenvalue weighted by molar-refractivity contribution is 5.76. The number of allylic oxidation sites excluding steroid dienone is 2. The minimum atomic E-state index is -0.750. The van der Waals surface area contributed by atoms with Crippen molar-refractivity contribution in [2.75, 3.05) is 6.61 Å². The van der Waals surface area contributed by atoms with E-state index in [0.717, 1.165) is 38.5 Å². The fraction of sp³-hybridized carbons (Fsp3) is 0.938. The van der Waals surface area contributed by atoms with Gasteiger partial charge in [-0.15, -0.1) is 0 Å². The predicted octanol–water partition coefficient (Wildman–Crippen LogP) is 14.0. The molecule has 0 bridgehead atoms. The molecule has 0 aromatic carbocycles. The highest BCUT2D eigenvalue weighted by Gasteiger charge is 2.21. The lowest BCUT2D eigenvalue weighted by Crippen LogP contribution is -2.46. The van der Waals surface area contributed by atoms with Gasteiger partial charge < -0.3 is 20.6 Å². The van der Waals surface area contributed by atoms with E-state index in [1.54, 1.807) is 0 Å². The Morgan fingerprint density at radius 2 is 0.755 bits per heavy atom. The van der Waals surface area contributed by atoms with Crippen molar-refractivity contribution in [2.24, 2.45) is 0 Å². The maximum Gasteiger partial charge on any atom is 0.222 e. The Labute approximate surface area is 331 Å². The summed E-state index contributed by atoms with van der Waals surface area (Å²) in [5.74, 6) is -0.288. The molecule has 0 rings (SSSR count). The highest BCUT2D eigenvalue weighted by atomic mass is 16.3. The van der Waals surface area contributed by atoms with Crippen LogP contribution in [0.2, 0.25) is 0 Å². The van der Waals surface area contributed by atoms with Gasteiger partial charge in [0.25, 0.3) is 0 Å². The van der Waals surface area contributed by atoms with Gasteiger partial charge in [0, 0.05) is 0 Å². The van der Waals surface area contributed by atoms with E-state index in [4.69, 9.17) is 0 Å². The summed E-state index contributed by atoms with van der Waals surface area (Å²) in [6, 6.07) is -0.660. The van der Waals surface area contributed by atoms with Crippen LogP contribution < -0.4 is 5.32 Å². The molecular formula is C48H95NO4. The maximum atomic E-state index is 12.5. The summed E-state index contributed by atoms with van der Waals surface area (Å²) in [4.78, 5) is 12.5. The van der Waals surface area contributed by atoms with E-state index in [-0.39, 0.29) is 18.9 Å². The van der Waals surface area contributed by atoms with Gasteiger partial charge in [-0.2, -0.15) is 0 Å². The topological polar surface area (TPSA) is 89.8 Å². The number of hydrogen-bond acceptors (Lipinski definition) is 4. The minimum Gasteiger partial charge on any atom is -0.394 e. The summed E-state index contributed by atoms with van der Waals surface area (Å²) in [6.45, 7) is 4.28. The number of aliphatic hydroxyl groups excluding tert-OH is 3. The first kappa shape index (κ1) is 52.1. The highest BCUT2D eigenvalue weighted by Crippen LogP contribution is 2.17. The van der Waals surface area contributed by atoms with Gasteiger partial charge in [0.15, 0.2) is 0 Å². The van der Waals surface area contributed by atoms with Gasteiger partial charge in [-0.3, -0.25) is 4.79 Å². The Hall–Kier alpha value is -0.910. The number of carbonyl (C=O) groups is 1. The van der Waals surface area contributed by atoms with Gasteiger partial charge >= 0.3 is 0 Å². The average Bonchev–Trinajstić information content (AvgIpc) is 3.15. The molecule has 0 saturated heterocycles. The van der Waals surface area contributed by atoms with Crippen LogP contribution in [0, 0.1) is 0 Å². The molecule has 0 radical (unpaired) electrons. The summed E-state index contributed by atoms with van der Waals surface area (Å²) in [5.41, 5.74) is 0. The van der Waals surface area contributed by atoms with Crippen LogP contribution >= 0.6 is 0 Å². The van der Waals surface area contributed by atoms with Gasteiger partial charge in [0.05, 0.1) is 31.3 Å². The number of aliphatic hydroxyl groups is 3. The fourth-order valence-electron chi connectivity index (χ4n) is 7.64. The van der Waals surface area contributed by atoms with E-state index in [1.165, 1.54) is 193 Å². The largest absolute Gasteiger partial charge is 0.394 e. The van der Waals surface area contributed by atoms with Gasteiger partial charge in [-0.25, -0.2) is 0 Å². The van der Waals surface area contributed by atoms with Crippen LogP contribution in [0.4, 0.5) is 0 Å². The standard InChI is InChI=1S/C48H95NO4/c1-3-5-7-9-11-13-15-17-19-21-22-23-24-25-26-28-30-32-34-36-38-40-42-47(52)46(44-50)49-48(53)43-45(51)41-39-37-35-33-31-29-27-20-18-16-14-12-10-8-6-4-2/h29,31,45-47,50-52H,3-28,30,32-44H2,1-2H3,(H,49,53)/b31-29-. The van der Waals surface area contributed by atoms with Crippen molar-refractivity contribution in [2.45, 2.75) is 283 Å². The molecule has 3 atom stereocenters. The van der Waals surface area contributed by atoms with Crippen LogP contribution in [0.15, 0.2) is 12.2 Å². The summed E-state index contributed by atoms with van der Waals surface area (Å²) in [6.07, 6.45) is 51.9. The van der Waals surface area contributed by atoms with Crippen LogP contribution in [-0.4, -0.2) is 46.1 Å². The third-order valence-corrected chi connectivity index (χ3v) is 11.3. The fourth-order valence-corrected chi connectivity index (χ4v) is 7.64. The van der Waals surface area contributed by atoms with E-state index in [9.17, 15) is 20.1 Å². The van der Waals surface area contributed by atoms with E-state index >= 15 is 0 Å². The number of nitrogens with one attached hydrogen (secondary N) is 1.